The lowest BCUT2D eigenvalue weighted by Gasteiger charge is -2.31. The highest BCUT2D eigenvalue weighted by molar-refractivity contribution is 5.67. The molecule has 3 rings (SSSR count). The molecule has 0 aromatic carbocycles. The zero-order valence-electron chi connectivity index (χ0n) is 14.7. The molecule has 2 fully saturated rings. The van der Waals surface area contributed by atoms with Gasteiger partial charge in [-0.05, 0) is 38.7 Å². The number of rotatable bonds is 6. The zero-order valence-corrected chi connectivity index (χ0v) is 14.7. The summed E-state index contributed by atoms with van der Waals surface area (Å²) in [6.45, 7) is 5.23. The van der Waals surface area contributed by atoms with Gasteiger partial charge < -0.3 is 25.0 Å². The summed E-state index contributed by atoms with van der Waals surface area (Å²) in [5.41, 5.74) is 0. The number of carbonyl (C=O) groups is 1. The van der Waals surface area contributed by atoms with Crippen LogP contribution in [0.25, 0.3) is 0 Å². The molecular weight excluding hydrogens is 322 g/mol. The molecule has 2 aliphatic heterocycles. The number of hydrogen-bond donors (Lipinski definition) is 2. The highest BCUT2D eigenvalue weighted by Gasteiger charge is 2.23. The first-order valence-corrected chi connectivity index (χ1v) is 9.11. The smallest absolute Gasteiger partial charge is 0.409 e. The third kappa shape index (κ3) is 5.19. The van der Waals surface area contributed by atoms with E-state index in [0.29, 0.717) is 31.7 Å². The molecule has 1 unspecified atom stereocenters. The van der Waals surface area contributed by atoms with Crippen LogP contribution in [0.5, 0.6) is 0 Å². The van der Waals surface area contributed by atoms with Crippen molar-refractivity contribution in [1.29, 1.82) is 0 Å². The lowest BCUT2D eigenvalue weighted by Crippen LogP contribution is -2.42. The molecule has 1 atom stereocenters. The molecule has 1 amide bonds. The SMILES string of the molecule is CCOC(=O)N1CCC(Nc2ccnc(NCC3CCCO3)n2)CC1. The fourth-order valence-corrected chi connectivity index (χ4v) is 3.17. The van der Waals surface area contributed by atoms with Gasteiger partial charge in [-0.3, -0.25) is 0 Å². The summed E-state index contributed by atoms with van der Waals surface area (Å²) in [5.74, 6) is 1.42. The number of aromatic nitrogens is 2. The Kier molecular flexibility index (Phi) is 6.27. The largest absolute Gasteiger partial charge is 0.450 e. The summed E-state index contributed by atoms with van der Waals surface area (Å²) in [4.78, 5) is 22.3. The summed E-state index contributed by atoms with van der Waals surface area (Å²) in [7, 11) is 0. The topological polar surface area (TPSA) is 88.6 Å². The normalized spacial score (nSPS) is 21.2. The highest BCUT2D eigenvalue weighted by atomic mass is 16.6. The first-order chi connectivity index (χ1) is 12.2. The summed E-state index contributed by atoms with van der Waals surface area (Å²) in [5, 5.41) is 6.68. The number of likely N-dealkylation sites (tertiary alicyclic amines) is 1. The molecule has 0 radical (unpaired) electrons. The predicted molar refractivity (Wildman–Crippen MR) is 94.7 cm³/mol. The molecule has 0 aliphatic carbocycles. The van der Waals surface area contributed by atoms with E-state index in [0.717, 1.165) is 44.7 Å². The van der Waals surface area contributed by atoms with Gasteiger partial charge in [0.25, 0.3) is 0 Å². The highest BCUT2D eigenvalue weighted by Crippen LogP contribution is 2.17. The number of carbonyl (C=O) groups excluding carboxylic acids is 1. The lowest BCUT2D eigenvalue weighted by molar-refractivity contribution is 0.0983. The van der Waals surface area contributed by atoms with Crippen molar-refractivity contribution in [3.05, 3.63) is 12.3 Å². The van der Waals surface area contributed by atoms with Gasteiger partial charge >= 0.3 is 6.09 Å². The Balaban J connectivity index is 1.45. The summed E-state index contributed by atoms with van der Waals surface area (Å²) >= 11 is 0. The molecule has 1 aromatic rings. The molecular formula is C17H27N5O3. The van der Waals surface area contributed by atoms with Crippen LogP contribution < -0.4 is 10.6 Å². The van der Waals surface area contributed by atoms with Gasteiger partial charge in [0.05, 0.1) is 12.7 Å². The quantitative estimate of drug-likeness (QED) is 0.813. The predicted octanol–water partition coefficient (Wildman–Crippen LogP) is 2.10. The average Bonchev–Trinajstić information content (AvgIpc) is 3.15. The maximum absolute atomic E-state index is 11.7. The second kappa shape index (κ2) is 8.84. The number of amides is 1. The van der Waals surface area contributed by atoms with Crippen LogP contribution in [0.4, 0.5) is 16.6 Å². The minimum atomic E-state index is -0.219. The van der Waals surface area contributed by atoms with Gasteiger partial charge in [0.1, 0.15) is 5.82 Å². The van der Waals surface area contributed by atoms with E-state index in [1.807, 2.05) is 13.0 Å². The van der Waals surface area contributed by atoms with E-state index in [2.05, 4.69) is 20.6 Å². The molecule has 138 valence electrons. The molecule has 25 heavy (non-hydrogen) atoms. The molecule has 8 nitrogen and oxygen atoms in total. The van der Waals surface area contributed by atoms with E-state index in [1.165, 1.54) is 0 Å². The second-order valence-electron chi connectivity index (χ2n) is 6.39. The Hall–Kier alpha value is -2.09. The molecule has 2 aliphatic rings. The van der Waals surface area contributed by atoms with Crippen molar-refractivity contribution < 1.29 is 14.3 Å². The number of ether oxygens (including phenoxy) is 2. The van der Waals surface area contributed by atoms with Gasteiger partial charge in [-0.1, -0.05) is 0 Å². The van der Waals surface area contributed by atoms with Crippen LogP contribution in [0.15, 0.2) is 12.3 Å². The zero-order chi connectivity index (χ0) is 17.5. The number of anilines is 2. The van der Waals surface area contributed by atoms with Crippen molar-refractivity contribution in [3.8, 4) is 0 Å². The number of nitrogens with one attached hydrogen (secondary N) is 2. The van der Waals surface area contributed by atoms with Crippen molar-refractivity contribution in [2.45, 2.75) is 44.8 Å². The fourth-order valence-electron chi connectivity index (χ4n) is 3.17. The summed E-state index contributed by atoms with van der Waals surface area (Å²) in [6, 6.07) is 2.17. The molecule has 0 bridgehead atoms. The van der Waals surface area contributed by atoms with Gasteiger partial charge in [-0.15, -0.1) is 0 Å². The third-order valence-corrected chi connectivity index (χ3v) is 4.54. The molecule has 3 heterocycles. The van der Waals surface area contributed by atoms with E-state index >= 15 is 0 Å². The van der Waals surface area contributed by atoms with E-state index < -0.39 is 0 Å². The van der Waals surface area contributed by atoms with Crippen molar-refractivity contribution >= 4 is 17.9 Å². The van der Waals surface area contributed by atoms with E-state index in [4.69, 9.17) is 9.47 Å². The van der Waals surface area contributed by atoms with E-state index in [1.54, 1.807) is 11.1 Å². The van der Waals surface area contributed by atoms with Gasteiger partial charge in [0.2, 0.25) is 5.95 Å². The van der Waals surface area contributed by atoms with Gasteiger partial charge in [-0.2, -0.15) is 4.98 Å². The van der Waals surface area contributed by atoms with Gasteiger partial charge in [-0.25, -0.2) is 9.78 Å². The third-order valence-electron chi connectivity index (χ3n) is 4.54. The minimum absolute atomic E-state index is 0.219. The Labute approximate surface area is 148 Å². The minimum Gasteiger partial charge on any atom is -0.450 e. The van der Waals surface area contributed by atoms with Crippen LogP contribution in [-0.2, 0) is 9.47 Å². The van der Waals surface area contributed by atoms with Gasteiger partial charge in [0, 0.05) is 38.5 Å². The second-order valence-corrected chi connectivity index (χ2v) is 6.39. The van der Waals surface area contributed by atoms with E-state index in [9.17, 15) is 4.79 Å². The fraction of sp³-hybridized carbons (Fsp3) is 0.706. The molecule has 0 saturated carbocycles. The van der Waals surface area contributed by atoms with E-state index in [-0.39, 0.29) is 12.2 Å². The lowest BCUT2D eigenvalue weighted by atomic mass is 10.1. The molecule has 2 N–H and O–H groups in total. The van der Waals surface area contributed by atoms with Crippen LogP contribution in [0.3, 0.4) is 0 Å². The van der Waals surface area contributed by atoms with Crippen molar-refractivity contribution in [1.82, 2.24) is 14.9 Å². The van der Waals surface area contributed by atoms with Crippen molar-refractivity contribution in [2.75, 3.05) is 43.5 Å². The molecule has 2 saturated heterocycles. The maximum atomic E-state index is 11.7. The van der Waals surface area contributed by atoms with Crippen molar-refractivity contribution in [2.24, 2.45) is 0 Å². The number of piperidine rings is 1. The Morgan fingerprint density at radius 1 is 1.40 bits per heavy atom. The summed E-state index contributed by atoms with van der Waals surface area (Å²) < 4.78 is 10.6. The van der Waals surface area contributed by atoms with Gasteiger partial charge in [0.15, 0.2) is 0 Å². The first kappa shape index (κ1) is 17.7. The first-order valence-electron chi connectivity index (χ1n) is 9.11. The van der Waals surface area contributed by atoms with Crippen molar-refractivity contribution in [3.63, 3.8) is 0 Å². The Morgan fingerprint density at radius 3 is 2.96 bits per heavy atom. The van der Waals surface area contributed by atoms with Crippen LogP contribution in [-0.4, -0.2) is 66.0 Å². The van der Waals surface area contributed by atoms with Crippen LogP contribution in [0.2, 0.25) is 0 Å². The van der Waals surface area contributed by atoms with Crippen LogP contribution in [0, 0.1) is 0 Å². The number of nitrogens with zero attached hydrogens (tertiary/aromatic N) is 3. The maximum Gasteiger partial charge on any atom is 0.409 e. The summed E-state index contributed by atoms with van der Waals surface area (Å²) in [6.07, 6.45) is 5.75. The molecule has 8 heteroatoms. The van der Waals surface area contributed by atoms with Crippen LogP contribution >= 0.6 is 0 Å². The standard InChI is InChI=1S/C17H27N5O3/c1-2-24-17(23)22-9-6-13(7-10-22)20-15-5-8-18-16(21-15)19-12-14-4-3-11-25-14/h5,8,13-14H,2-4,6-7,9-12H2,1H3,(H2,18,19,20,21). The Morgan fingerprint density at radius 2 is 2.24 bits per heavy atom. The average molecular weight is 349 g/mol. The monoisotopic (exact) mass is 349 g/mol. The molecule has 1 aromatic heterocycles. The Bertz CT molecular complexity index is 557. The molecule has 0 spiro atoms. The number of hydrogen-bond acceptors (Lipinski definition) is 7. The van der Waals surface area contributed by atoms with Crippen LogP contribution in [0.1, 0.15) is 32.6 Å².